The van der Waals surface area contributed by atoms with Gasteiger partial charge in [-0.15, -0.1) is 0 Å². The van der Waals surface area contributed by atoms with Gasteiger partial charge in [0.15, 0.2) is 0 Å². The Hall–Kier alpha value is -0.610. The minimum absolute atomic E-state index is 0.129. The molecule has 19 heavy (non-hydrogen) atoms. The predicted molar refractivity (Wildman–Crippen MR) is 80.2 cm³/mol. The fraction of sp³-hybridized carbons (Fsp3) is 0.933. The molecule has 112 valence electrons. The van der Waals surface area contributed by atoms with Crippen LogP contribution in [0, 0.1) is 0 Å². The van der Waals surface area contributed by atoms with Crippen LogP contribution >= 0.6 is 0 Å². The van der Waals surface area contributed by atoms with Crippen LogP contribution < -0.4 is 10.6 Å². The molecule has 1 amide bonds. The Morgan fingerprint density at radius 2 is 1.79 bits per heavy atom. The first-order chi connectivity index (χ1) is 8.81. The van der Waals surface area contributed by atoms with Gasteiger partial charge in [0.2, 0.25) is 5.91 Å². The number of hydrogen-bond acceptors (Lipinski definition) is 3. The largest absolute Gasteiger partial charge is 0.350 e. The van der Waals surface area contributed by atoms with Crippen molar-refractivity contribution < 1.29 is 4.79 Å². The van der Waals surface area contributed by atoms with E-state index in [4.69, 9.17) is 0 Å². The first-order valence-corrected chi connectivity index (χ1v) is 7.56. The maximum absolute atomic E-state index is 11.9. The first kappa shape index (κ1) is 16.4. The zero-order chi connectivity index (χ0) is 14.5. The molecule has 0 heterocycles. The summed E-state index contributed by atoms with van der Waals surface area (Å²) in [4.78, 5) is 14.1. The molecule has 1 aliphatic carbocycles. The van der Waals surface area contributed by atoms with Gasteiger partial charge in [-0.3, -0.25) is 9.69 Å². The van der Waals surface area contributed by atoms with E-state index in [0.717, 1.165) is 6.54 Å². The molecule has 2 N–H and O–H groups in total. The van der Waals surface area contributed by atoms with Crippen LogP contribution in [0.4, 0.5) is 0 Å². The Morgan fingerprint density at radius 1 is 1.21 bits per heavy atom. The van der Waals surface area contributed by atoms with E-state index in [-0.39, 0.29) is 11.4 Å². The highest BCUT2D eigenvalue weighted by Crippen LogP contribution is 2.22. The number of amides is 1. The zero-order valence-corrected chi connectivity index (χ0v) is 13.3. The van der Waals surface area contributed by atoms with Crippen LogP contribution in [0.2, 0.25) is 0 Å². The summed E-state index contributed by atoms with van der Waals surface area (Å²) in [6.45, 7) is 9.79. The Labute approximate surface area is 118 Å². The summed E-state index contributed by atoms with van der Waals surface area (Å²) in [6.07, 6.45) is 4.83. The second-order valence-electron chi connectivity index (χ2n) is 6.78. The second-order valence-corrected chi connectivity index (χ2v) is 6.78. The van der Waals surface area contributed by atoms with Crippen molar-refractivity contribution in [3.05, 3.63) is 0 Å². The van der Waals surface area contributed by atoms with E-state index in [1.807, 2.05) is 20.8 Å². The highest BCUT2D eigenvalue weighted by molar-refractivity contribution is 5.78. The normalized spacial score (nSPS) is 24.5. The molecule has 0 aromatic heterocycles. The smallest absolute Gasteiger partial charge is 0.234 e. The van der Waals surface area contributed by atoms with Gasteiger partial charge in [0.25, 0.3) is 0 Å². The van der Waals surface area contributed by atoms with Crippen molar-refractivity contribution in [2.24, 2.45) is 0 Å². The molecular formula is C15H31N3O. The number of likely N-dealkylation sites (N-methyl/N-ethyl adjacent to an activating group) is 1. The van der Waals surface area contributed by atoms with E-state index in [0.29, 0.717) is 18.6 Å². The van der Waals surface area contributed by atoms with Crippen LogP contribution in [0.3, 0.4) is 0 Å². The molecule has 1 rings (SSSR count). The topological polar surface area (TPSA) is 44.4 Å². The maximum Gasteiger partial charge on any atom is 0.234 e. The highest BCUT2D eigenvalue weighted by atomic mass is 16.2. The SMILES string of the molecule is CCNC1CCC(N(C)CC(=O)NC(C)(C)C)CC1. The number of hydrogen-bond donors (Lipinski definition) is 2. The quantitative estimate of drug-likeness (QED) is 0.799. The lowest BCUT2D eigenvalue weighted by atomic mass is 9.90. The third-order valence-corrected chi connectivity index (χ3v) is 3.72. The van der Waals surface area contributed by atoms with Gasteiger partial charge in [0, 0.05) is 17.6 Å². The van der Waals surface area contributed by atoms with E-state index < -0.39 is 0 Å². The standard InChI is InChI=1S/C15H31N3O/c1-6-16-12-7-9-13(10-8-12)18(5)11-14(19)17-15(2,3)4/h12-13,16H,6-11H2,1-5H3,(H,17,19). The van der Waals surface area contributed by atoms with Gasteiger partial charge in [0.1, 0.15) is 0 Å². The monoisotopic (exact) mass is 269 g/mol. The average molecular weight is 269 g/mol. The number of rotatable bonds is 5. The van der Waals surface area contributed by atoms with Gasteiger partial charge in [-0.25, -0.2) is 0 Å². The summed E-state index contributed by atoms with van der Waals surface area (Å²) in [5.74, 6) is 0.129. The molecule has 0 radical (unpaired) electrons. The van der Waals surface area contributed by atoms with Gasteiger partial charge in [-0.2, -0.15) is 0 Å². The summed E-state index contributed by atoms with van der Waals surface area (Å²) in [6, 6.07) is 1.23. The van der Waals surface area contributed by atoms with Gasteiger partial charge >= 0.3 is 0 Å². The molecule has 4 nitrogen and oxygen atoms in total. The van der Waals surface area contributed by atoms with E-state index >= 15 is 0 Å². The average Bonchev–Trinajstić information content (AvgIpc) is 2.27. The molecule has 0 aromatic rings. The zero-order valence-electron chi connectivity index (χ0n) is 13.3. The van der Waals surface area contributed by atoms with E-state index in [9.17, 15) is 4.79 Å². The summed E-state index contributed by atoms with van der Waals surface area (Å²) >= 11 is 0. The fourth-order valence-corrected chi connectivity index (χ4v) is 2.82. The lowest BCUT2D eigenvalue weighted by molar-refractivity contribution is -0.124. The van der Waals surface area contributed by atoms with Crippen molar-refractivity contribution in [2.75, 3.05) is 20.1 Å². The molecule has 0 aliphatic heterocycles. The van der Waals surface area contributed by atoms with Crippen LogP contribution in [0.1, 0.15) is 53.4 Å². The van der Waals surface area contributed by atoms with Gasteiger partial charge in [0.05, 0.1) is 6.54 Å². The molecule has 0 spiro atoms. The number of carbonyl (C=O) groups is 1. The maximum atomic E-state index is 11.9. The molecule has 0 atom stereocenters. The molecular weight excluding hydrogens is 238 g/mol. The fourth-order valence-electron chi connectivity index (χ4n) is 2.82. The van der Waals surface area contributed by atoms with Gasteiger partial charge < -0.3 is 10.6 Å². The van der Waals surface area contributed by atoms with Crippen LogP contribution in [0.15, 0.2) is 0 Å². The lowest BCUT2D eigenvalue weighted by Crippen LogP contribution is -2.48. The first-order valence-electron chi connectivity index (χ1n) is 7.56. The van der Waals surface area contributed by atoms with E-state index in [1.165, 1.54) is 25.7 Å². The highest BCUT2D eigenvalue weighted by Gasteiger charge is 2.25. The van der Waals surface area contributed by atoms with Crippen LogP contribution in [0.25, 0.3) is 0 Å². The molecule has 0 bridgehead atoms. The summed E-state index contributed by atoms with van der Waals surface area (Å²) in [5.41, 5.74) is -0.138. The molecule has 0 unspecified atom stereocenters. The van der Waals surface area contributed by atoms with Crippen molar-refractivity contribution in [1.82, 2.24) is 15.5 Å². The second kappa shape index (κ2) is 7.25. The third-order valence-electron chi connectivity index (χ3n) is 3.72. The molecule has 1 saturated carbocycles. The number of nitrogens with zero attached hydrogens (tertiary/aromatic N) is 1. The Morgan fingerprint density at radius 3 is 2.26 bits per heavy atom. The minimum Gasteiger partial charge on any atom is -0.350 e. The van der Waals surface area contributed by atoms with Crippen LogP contribution in [0.5, 0.6) is 0 Å². The lowest BCUT2D eigenvalue weighted by Gasteiger charge is -2.35. The molecule has 1 aliphatic rings. The molecule has 0 aromatic carbocycles. The van der Waals surface area contributed by atoms with E-state index in [1.54, 1.807) is 0 Å². The van der Waals surface area contributed by atoms with Crippen molar-refractivity contribution in [2.45, 2.75) is 71.0 Å². The Kier molecular flexibility index (Phi) is 6.27. The van der Waals surface area contributed by atoms with Gasteiger partial charge in [-0.1, -0.05) is 6.92 Å². The number of carbonyl (C=O) groups excluding carboxylic acids is 1. The van der Waals surface area contributed by atoms with Crippen molar-refractivity contribution in [1.29, 1.82) is 0 Å². The summed E-state index contributed by atoms with van der Waals surface area (Å²) in [5, 5.41) is 6.54. The molecule has 4 heteroatoms. The summed E-state index contributed by atoms with van der Waals surface area (Å²) < 4.78 is 0. The van der Waals surface area contributed by atoms with Crippen LogP contribution in [-0.2, 0) is 4.79 Å². The van der Waals surface area contributed by atoms with E-state index in [2.05, 4.69) is 29.5 Å². The van der Waals surface area contributed by atoms with Gasteiger partial charge in [-0.05, 0) is 60.0 Å². The predicted octanol–water partition coefficient (Wildman–Crippen LogP) is 1.75. The summed E-state index contributed by atoms with van der Waals surface area (Å²) in [7, 11) is 2.07. The third kappa shape index (κ3) is 6.39. The minimum atomic E-state index is -0.138. The van der Waals surface area contributed by atoms with Crippen molar-refractivity contribution >= 4 is 5.91 Å². The van der Waals surface area contributed by atoms with Crippen LogP contribution in [-0.4, -0.2) is 48.6 Å². The van der Waals surface area contributed by atoms with Crippen molar-refractivity contribution in [3.8, 4) is 0 Å². The molecule has 1 fully saturated rings. The molecule has 0 saturated heterocycles. The number of nitrogens with one attached hydrogen (secondary N) is 2. The van der Waals surface area contributed by atoms with Crippen molar-refractivity contribution in [3.63, 3.8) is 0 Å². The Bertz CT molecular complexity index is 278. The Balaban J connectivity index is 2.31.